The lowest BCUT2D eigenvalue weighted by atomic mass is 9.98. The van der Waals surface area contributed by atoms with Gasteiger partial charge in [-0.05, 0) is 30.3 Å². The number of benzene rings is 1. The third-order valence-corrected chi connectivity index (χ3v) is 4.02. The first-order chi connectivity index (χ1) is 12.1. The summed E-state index contributed by atoms with van der Waals surface area (Å²) in [6.45, 7) is 0.753. The summed E-state index contributed by atoms with van der Waals surface area (Å²) in [7, 11) is 0. The molecule has 126 valence electrons. The minimum atomic E-state index is -1.04. The molecule has 1 aliphatic rings. The molecule has 0 bridgehead atoms. The molecule has 8 heteroatoms. The van der Waals surface area contributed by atoms with Gasteiger partial charge in [-0.2, -0.15) is 4.98 Å². The maximum atomic E-state index is 13.2. The predicted molar refractivity (Wildman–Crippen MR) is 82.5 cm³/mol. The Morgan fingerprint density at radius 2 is 2.00 bits per heavy atom. The number of pyridine rings is 1. The van der Waals surface area contributed by atoms with Gasteiger partial charge >= 0.3 is 0 Å². The van der Waals surface area contributed by atoms with E-state index < -0.39 is 11.6 Å². The maximum Gasteiger partial charge on any atom is 0.254 e. The van der Waals surface area contributed by atoms with Crippen LogP contribution < -0.4 is 0 Å². The highest BCUT2D eigenvalue weighted by molar-refractivity contribution is 5.94. The lowest BCUT2D eigenvalue weighted by Gasteiger charge is -2.37. The third-order valence-electron chi connectivity index (χ3n) is 4.02. The summed E-state index contributed by atoms with van der Waals surface area (Å²) in [5, 5.41) is 3.90. The van der Waals surface area contributed by atoms with Gasteiger partial charge in [0, 0.05) is 24.8 Å². The summed E-state index contributed by atoms with van der Waals surface area (Å²) in [6, 6.07) is 8.49. The van der Waals surface area contributed by atoms with Crippen molar-refractivity contribution in [2.75, 3.05) is 13.1 Å². The second-order valence-electron chi connectivity index (χ2n) is 5.71. The van der Waals surface area contributed by atoms with Gasteiger partial charge in [-0.1, -0.05) is 11.2 Å². The zero-order valence-corrected chi connectivity index (χ0v) is 12.9. The molecule has 0 radical (unpaired) electrons. The van der Waals surface area contributed by atoms with Crippen LogP contribution in [0.25, 0.3) is 11.5 Å². The van der Waals surface area contributed by atoms with Crippen LogP contribution in [0.1, 0.15) is 22.2 Å². The molecule has 2 aromatic heterocycles. The molecule has 25 heavy (non-hydrogen) atoms. The van der Waals surface area contributed by atoms with Crippen molar-refractivity contribution in [3.8, 4) is 11.5 Å². The number of halogens is 2. The quantitative estimate of drug-likeness (QED) is 0.732. The minimum Gasteiger partial charge on any atom is -0.338 e. The van der Waals surface area contributed by atoms with Crippen LogP contribution in [0.5, 0.6) is 0 Å². The average molecular weight is 342 g/mol. The molecule has 0 unspecified atom stereocenters. The zero-order chi connectivity index (χ0) is 17.4. The maximum absolute atomic E-state index is 13.2. The van der Waals surface area contributed by atoms with E-state index in [9.17, 15) is 13.6 Å². The molecule has 0 saturated carbocycles. The standard InChI is InChI=1S/C17H12F2N4O2/c18-12-5-4-10(7-13(12)19)17(24)23-8-11(9-23)16-21-15(22-25-16)14-3-1-2-6-20-14/h1-7,11H,8-9H2. The first-order valence-electron chi connectivity index (χ1n) is 7.61. The van der Waals surface area contributed by atoms with Gasteiger partial charge in [-0.25, -0.2) is 8.78 Å². The zero-order valence-electron chi connectivity index (χ0n) is 12.9. The molecule has 0 aliphatic carbocycles. The van der Waals surface area contributed by atoms with E-state index in [0.717, 1.165) is 12.1 Å². The number of carbonyl (C=O) groups excluding carboxylic acids is 1. The molecule has 6 nitrogen and oxygen atoms in total. The van der Waals surface area contributed by atoms with Crippen LogP contribution in [0.15, 0.2) is 47.1 Å². The molecular weight excluding hydrogens is 330 g/mol. The summed E-state index contributed by atoms with van der Waals surface area (Å²) in [4.78, 5) is 22.2. The highest BCUT2D eigenvalue weighted by Gasteiger charge is 2.36. The second kappa shape index (κ2) is 6.04. The second-order valence-corrected chi connectivity index (χ2v) is 5.71. The smallest absolute Gasteiger partial charge is 0.254 e. The number of aromatic nitrogens is 3. The molecule has 1 saturated heterocycles. The number of amides is 1. The fourth-order valence-electron chi connectivity index (χ4n) is 2.61. The average Bonchev–Trinajstić information content (AvgIpc) is 3.06. The van der Waals surface area contributed by atoms with E-state index in [-0.39, 0.29) is 17.4 Å². The minimum absolute atomic E-state index is 0.0841. The molecular formula is C17H12F2N4O2. The van der Waals surface area contributed by atoms with E-state index in [1.807, 2.05) is 6.07 Å². The summed E-state index contributed by atoms with van der Waals surface area (Å²) in [5.74, 6) is -1.65. The van der Waals surface area contributed by atoms with Crippen LogP contribution in [-0.2, 0) is 0 Å². The van der Waals surface area contributed by atoms with E-state index in [4.69, 9.17) is 4.52 Å². The fourth-order valence-corrected chi connectivity index (χ4v) is 2.61. The van der Waals surface area contributed by atoms with Gasteiger partial charge in [0.25, 0.3) is 5.91 Å². The number of nitrogens with zero attached hydrogens (tertiary/aromatic N) is 4. The van der Waals surface area contributed by atoms with Crippen molar-refractivity contribution >= 4 is 5.91 Å². The van der Waals surface area contributed by atoms with E-state index >= 15 is 0 Å². The summed E-state index contributed by atoms with van der Waals surface area (Å²) >= 11 is 0. The highest BCUT2D eigenvalue weighted by atomic mass is 19.2. The van der Waals surface area contributed by atoms with Crippen molar-refractivity contribution in [3.63, 3.8) is 0 Å². The Morgan fingerprint density at radius 3 is 2.72 bits per heavy atom. The number of likely N-dealkylation sites (tertiary alicyclic amines) is 1. The molecule has 0 atom stereocenters. The van der Waals surface area contributed by atoms with Gasteiger partial charge in [-0.3, -0.25) is 9.78 Å². The molecule has 1 amide bonds. The first-order valence-corrected chi connectivity index (χ1v) is 7.61. The number of rotatable bonds is 3. The Morgan fingerprint density at radius 1 is 1.16 bits per heavy atom. The molecule has 1 fully saturated rings. The van der Waals surface area contributed by atoms with Gasteiger partial charge < -0.3 is 9.42 Å². The lowest BCUT2D eigenvalue weighted by molar-refractivity contribution is 0.0568. The van der Waals surface area contributed by atoms with Crippen molar-refractivity contribution in [1.29, 1.82) is 0 Å². The molecule has 3 heterocycles. The molecule has 0 N–H and O–H groups in total. The van der Waals surface area contributed by atoms with Crippen molar-refractivity contribution < 1.29 is 18.1 Å². The van der Waals surface area contributed by atoms with E-state index in [0.29, 0.717) is 30.5 Å². The Balaban J connectivity index is 1.43. The van der Waals surface area contributed by atoms with Gasteiger partial charge in [0.2, 0.25) is 11.7 Å². The summed E-state index contributed by atoms with van der Waals surface area (Å²) in [6.07, 6.45) is 1.64. The van der Waals surface area contributed by atoms with Crippen LogP contribution >= 0.6 is 0 Å². The Bertz CT molecular complexity index is 923. The van der Waals surface area contributed by atoms with Crippen LogP contribution in [-0.4, -0.2) is 39.0 Å². The van der Waals surface area contributed by atoms with Crippen LogP contribution in [0, 0.1) is 11.6 Å². The molecule has 0 spiro atoms. The number of hydrogen-bond donors (Lipinski definition) is 0. The van der Waals surface area contributed by atoms with Gasteiger partial charge in [0.15, 0.2) is 11.6 Å². The molecule has 1 aliphatic heterocycles. The van der Waals surface area contributed by atoms with Crippen molar-refractivity contribution in [1.82, 2.24) is 20.0 Å². The Labute approximate surface area is 141 Å². The Hall–Kier alpha value is -3.16. The largest absolute Gasteiger partial charge is 0.338 e. The molecule has 3 aromatic rings. The summed E-state index contributed by atoms with van der Waals surface area (Å²) in [5.41, 5.74) is 0.712. The third kappa shape index (κ3) is 2.86. The van der Waals surface area contributed by atoms with E-state index in [1.54, 1.807) is 18.3 Å². The van der Waals surface area contributed by atoms with Crippen LogP contribution in [0.4, 0.5) is 8.78 Å². The fraction of sp³-hybridized carbons (Fsp3) is 0.176. The van der Waals surface area contributed by atoms with Crippen LogP contribution in [0.2, 0.25) is 0 Å². The predicted octanol–water partition coefficient (Wildman–Crippen LogP) is 2.65. The van der Waals surface area contributed by atoms with Crippen LogP contribution in [0.3, 0.4) is 0 Å². The monoisotopic (exact) mass is 342 g/mol. The van der Waals surface area contributed by atoms with Crippen molar-refractivity contribution in [3.05, 3.63) is 65.7 Å². The number of carbonyl (C=O) groups is 1. The Kier molecular flexibility index (Phi) is 3.72. The molecule has 4 rings (SSSR count). The first kappa shape index (κ1) is 15.4. The summed E-state index contributed by atoms with van der Waals surface area (Å²) < 4.78 is 31.4. The van der Waals surface area contributed by atoms with E-state index in [1.165, 1.54) is 11.0 Å². The lowest BCUT2D eigenvalue weighted by Crippen LogP contribution is -2.48. The van der Waals surface area contributed by atoms with Crippen molar-refractivity contribution in [2.24, 2.45) is 0 Å². The van der Waals surface area contributed by atoms with E-state index in [2.05, 4.69) is 15.1 Å². The topological polar surface area (TPSA) is 72.1 Å². The normalized spacial score (nSPS) is 14.4. The number of hydrogen-bond acceptors (Lipinski definition) is 5. The van der Waals surface area contributed by atoms with Crippen molar-refractivity contribution in [2.45, 2.75) is 5.92 Å². The van der Waals surface area contributed by atoms with Gasteiger partial charge in [0.1, 0.15) is 5.69 Å². The van der Waals surface area contributed by atoms with Gasteiger partial charge in [-0.15, -0.1) is 0 Å². The molecule has 1 aromatic carbocycles. The SMILES string of the molecule is O=C(c1ccc(F)c(F)c1)N1CC(c2nc(-c3ccccn3)no2)C1. The highest BCUT2D eigenvalue weighted by Crippen LogP contribution is 2.28. The van der Waals surface area contributed by atoms with Gasteiger partial charge in [0.05, 0.1) is 5.92 Å².